The van der Waals surface area contributed by atoms with Crippen molar-refractivity contribution >= 4 is 16.6 Å². The Kier molecular flexibility index (Phi) is 4.14. The average molecular weight is 273 g/mol. The number of nitrogens with one attached hydrogen (secondary N) is 1. The molecule has 0 atom stereocenters. The fraction of sp³-hybridized carbons (Fsp3) is 0.438. The molecule has 1 N–H and O–H groups in total. The normalized spacial score (nSPS) is 11.9. The van der Waals surface area contributed by atoms with Crippen molar-refractivity contribution in [2.45, 2.75) is 19.4 Å². The largest absolute Gasteiger partial charge is 0.497 e. The molecule has 0 fully saturated rings. The second-order valence-corrected chi connectivity index (χ2v) is 5.81. The first kappa shape index (κ1) is 14.6. The molecule has 0 saturated carbocycles. The predicted octanol–water partition coefficient (Wildman–Crippen LogP) is 3.00. The van der Waals surface area contributed by atoms with Crippen LogP contribution in [0, 0.1) is 0 Å². The number of pyridine rings is 1. The Morgan fingerprint density at radius 2 is 2.00 bits per heavy atom. The highest BCUT2D eigenvalue weighted by Crippen LogP contribution is 2.26. The maximum absolute atomic E-state index is 5.30. The van der Waals surface area contributed by atoms with E-state index in [9.17, 15) is 0 Å². The summed E-state index contributed by atoms with van der Waals surface area (Å²) in [6.45, 7) is 5.22. The van der Waals surface area contributed by atoms with E-state index in [1.807, 2.05) is 24.4 Å². The molecule has 20 heavy (non-hydrogen) atoms. The highest BCUT2D eigenvalue weighted by Gasteiger charge is 2.20. The molecule has 0 aliphatic carbocycles. The van der Waals surface area contributed by atoms with Gasteiger partial charge in [0.25, 0.3) is 0 Å². The van der Waals surface area contributed by atoms with E-state index < -0.39 is 0 Å². The lowest BCUT2D eigenvalue weighted by Crippen LogP contribution is -2.44. The standard InChI is InChI=1S/C16H23N3O/c1-16(2,19(3)4)11-18-15-14-10-13(20-5)7-6-12(14)8-9-17-15/h6-10H,11H2,1-5H3,(H,17,18). The lowest BCUT2D eigenvalue weighted by Gasteiger charge is -2.33. The first-order valence-electron chi connectivity index (χ1n) is 6.78. The molecule has 2 aromatic rings. The zero-order chi connectivity index (χ0) is 14.8. The summed E-state index contributed by atoms with van der Waals surface area (Å²) >= 11 is 0. The first-order chi connectivity index (χ1) is 9.44. The van der Waals surface area contributed by atoms with Crippen LogP contribution in [-0.4, -0.2) is 43.2 Å². The Hall–Kier alpha value is -1.81. The van der Waals surface area contributed by atoms with Gasteiger partial charge in [0, 0.05) is 23.7 Å². The van der Waals surface area contributed by atoms with Gasteiger partial charge in [-0.1, -0.05) is 6.07 Å². The molecule has 0 bridgehead atoms. The van der Waals surface area contributed by atoms with E-state index in [1.54, 1.807) is 7.11 Å². The minimum atomic E-state index is 0.0582. The molecule has 4 nitrogen and oxygen atoms in total. The second-order valence-electron chi connectivity index (χ2n) is 5.81. The number of nitrogens with zero attached hydrogens (tertiary/aromatic N) is 2. The molecular weight excluding hydrogens is 250 g/mol. The van der Waals surface area contributed by atoms with Crippen molar-refractivity contribution in [2.75, 3.05) is 33.1 Å². The lowest BCUT2D eigenvalue weighted by atomic mass is 10.0. The molecule has 1 aromatic carbocycles. The van der Waals surface area contributed by atoms with Crippen molar-refractivity contribution in [1.29, 1.82) is 0 Å². The monoisotopic (exact) mass is 273 g/mol. The molecule has 0 amide bonds. The van der Waals surface area contributed by atoms with E-state index in [0.29, 0.717) is 0 Å². The highest BCUT2D eigenvalue weighted by molar-refractivity contribution is 5.92. The fourth-order valence-corrected chi connectivity index (χ4v) is 1.87. The molecule has 1 heterocycles. The molecule has 2 rings (SSSR count). The maximum Gasteiger partial charge on any atom is 0.134 e. The molecule has 0 aliphatic rings. The third-order valence-electron chi connectivity index (χ3n) is 3.87. The number of methoxy groups -OCH3 is 1. The van der Waals surface area contributed by atoms with Gasteiger partial charge in [0.1, 0.15) is 11.6 Å². The van der Waals surface area contributed by atoms with Gasteiger partial charge < -0.3 is 15.0 Å². The minimum absolute atomic E-state index is 0.0582. The summed E-state index contributed by atoms with van der Waals surface area (Å²) in [5.74, 6) is 1.75. The Morgan fingerprint density at radius 1 is 1.25 bits per heavy atom. The van der Waals surface area contributed by atoms with Crippen LogP contribution in [0.4, 0.5) is 5.82 Å². The number of likely N-dealkylation sites (N-methyl/N-ethyl adjacent to an activating group) is 1. The Bertz CT molecular complexity index is 593. The highest BCUT2D eigenvalue weighted by atomic mass is 16.5. The molecule has 1 aromatic heterocycles. The third kappa shape index (κ3) is 3.02. The molecule has 0 aliphatic heterocycles. The van der Waals surface area contributed by atoms with Gasteiger partial charge >= 0.3 is 0 Å². The van der Waals surface area contributed by atoms with Gasteiger partial charge in [-0.3, -0.25) is 0 Å². The Balaban J connectivity index is 2.30. The van der Waals surface area contributed by atoms with Crippen molar-refractivity contribution in [1.82, 2.24) is 9.88 Å². The summed E-state index contributed by atoms with van der Waals surface area (Å²) in [6, 6.07) is 8.05. The lowest BCUT2D eigenvalue weighted by molar-refractivity contribution is 0.210. The number of rotatable bonds is 5. The molecular formula is C16H23N3O. The van der Waals surface area contributed by atoms with Gasteiger partial charge in [-0.25, -0.2) is 4.98 Å². The van der Waals surface area contributed by atoms with Crippen LogP contribution in [-0.2, 0) is 0 Å². The van der Waals surface area contributed by atoms with E-state index in [0.717, 1.165) is 28.9 Å². The zero-order valence-electron chi connectivity index (χ0n) is 12.9. The number of benzene rings is 1. The molecule has 0 radical (unpaired) electrons. The summed E-state index contributed by atoms with van der Waals surface area (Å²) in [7, 11) is 5.85. The third-order valence-corrected chi connectivity index (χ3v) is 3.87. The summed E-state index contributed by atoms with van der Waals surface area (Å²) in [6.07, 6.45) is 1.83. The number of anilines is 1. The number of hydrogen-bond acceptors (Lipinski definition) is 4. The molecule has 4 heteroatoms. The number of fused-ring (bicyclic) bond motifs is 1. The van der Waals surface area contributed by atoms with E-state index >= 15 is 0 Å². The number of aromatic nitrogens is 1. The summed E-state index contributed by atoms with van der Waals surface area (Å²) in [5.41, 5.74) is 0.0582. The van der Waals surface area contributed by atoms with Gasteiger partial charge in [-0.2, -0.15) is 0 Å². The van der Waals surface area contributed by atoms with Crippen LogP contribution in [0.25, 0.3) is 10.8 Å². The first-order valence-corrected chi connectivity index (χ1v) is 6.78. The fourth-order valence-electron chi connectivity index (χ4n) is 1.87. The average Bonchev–Trinajstić information content (AvgIpc) is 2.44. The molecule has 108 valence electrons. The molecule has 0 saturated heterocycles. The summed E-state index contributed by atoms with van der Waals surface area (Å²) in [5, 5.41) is 5.70. The minimum Gasteiger partial charge on any atom is -0.497 e. The van der Waals surface area contributed by atoms with Gasteiger partial charge in [0.05, 0.1) is 7.11 Å². The topological polar surface area (TPSA) is 37.4 Å². The van der Waals surface area contributed by atoms with Crippen molar-refractivity contribution in [3.63, 3.8) is 0 Å². The van der Waals surface area contributed by atoms with Crippen molar-refractivity contribution in [3.05, 3.63) is 30.5 Å². The molecule has 0 unspecified atom stereocenters. The SMILES string of the molecule is COc1ccc2ccnc(NCC(C)(C)N(C)C)c2c1. The number of hydrogen-bond donors (Lipinski definition) is 1. The Morgan fingerprint density at radius 3 is 2.65 bits per heavy atom. The van der Waals surface area contributed by atoms with Crippen LogP contribution in [0.3, 0.4) is 0 Å². The van der Waals surface area contributed by atoms with Crippen molar-refractivity contribution in [3.8, 4) is 5.75 Å². The summed E-state index contributed by atoms with van der Waals surface area (Å²) < 4.78 is 5.30. The van der Waals surface area contributed by atoms with E-state index in [1.165, 1.54) is 0 Å². The number of ether oxygens (including phenoxy) is 1. The van der Waals surface area contributed by atoms with Crippen LogP contribution >= 0.6 is 0 Å². The van der Waals surface area contributed by atoms with Crippen LogP contribution in [0.15, 0.2) is 30.5 Å². The smallest absolute Gasteiger partial charge is 0.134 e. The maximum atomic E-state index is 5.30. The van der Waals surface area contributed by atoms with Gasteiger partial charge in [-0.15, -0.1) is 0 Å². The predicted molar refractivity (Wildman–Crippen MR) is 84.6 cm³/mol. The van der Waals surface area contributed by atoms with Crippen molar-refractivity contribution < 1.29 is 4.74 Å². The summed E-state index contributed by atoms with van der Waals surface area (Å²) in [4.78, 5) is 6.66. The van der Waals surface area contributed by atoms with Crippen LogP contribution in [0.1, 0.15) is 13.8 Å². The van der Waals surface area contributed by atoms with Crippen LogP contribution in [0.5, 0.6) is 5.75 Å². The van der Waals surface area contributed by atoms with Crippen LogP contribution < -0.4 is 10.1 Å². The zero-order valence-corrected chi connectivity index (χ0v) is 12.9. The van der Waals surface area contributed by atoms with E-state index in [-0.39, 0.29) is 5.54 Å². The van der Waals surface area contributed by atoms with Crippen molar-refractivity contribution in [2.24, 2.45) is 0 Å². The van der Waals surface area contributed by atoms with Gasteiger partial charge in [0.2, 0.25) is 0 Å². The molecule has 0 spiro atoms. The van der Waals surface area contributed by atoms with E-state index in [2.05, 4.69) is 49.2 Å². The van der Waals surface area contributed by atoms with Crippen LogP contribution in [0.2, 0.25) is 0 Å². The van der Waals surface area contributed by atoms with Gasteiger partial charge in [-0.05, 0) is 51.5 Å². The van der Waals surface area contributed by atoms with E-state index in [4.69, 9.17) is 4.74 Å². The Labute approximate surface area is 120 Å². The second kappa shape index (κ2) is 5.67. The van der Waals surface area contributed by atoms with Gasteiger partial charge in [0.15, 0.2) is 0 Å². The quantitative estimate of drug-likeness (QED) is 0.908.